The maximum Gasteiger partial charge on any atom is 0.373 e. The monoisotopic (exact) mass is 301 g/mol. The zero-order valence-corrected chi connectivity index (χ0v) is 12.7. The van der Waals surface area contributed by atoms with Crippen molar-refractivity contribution in [2.75, 3.05) is 7.11 Å². The number of hydrogen-bond donors (Lipinski definition) is 1. The van der Waals surface area contributed by atoms with Gasteiger partial charge in [-0.05, 0) is 25.1 Å². The van der Waals surface area contributed by atoms with Gasteiger partial charge in [0, 0.05) is 18.0 Å². The fourth-order valence-corrected chi connectivity index (χ4v) is 2.70. The lowest BCUT2D eigenvalue weighted by Crippen LogP contribution is -2.31. The Bertz CT molecular complexity index is 664. The molecule has 1 aliphatic rings. The molecule has 116 valence electrons. The van der Waals surface area contributed by atoms with Gasteiger partial charge < -0.3 is 19.2 Å². The molecule has 0 unspecified atom stereocenters. The third kappa shape index (κ3) is 2.99. The molecule has 5 nitrogen and oxygen atoms in total. The van der Waals surface area contributed by atoms with E-state index >= 15 is 0 Å². The van der Waals surface area contributed by atoms with Crippen molar-refractivity contribution in [1.29, 1.82) is 0 Å². The van der Waals surface area contributed by atoms with Crippen molar-refractivity contribution in [2.45, 2.75) is 32.0 Å². The average Bonchev–Trinajstić information content (AvgIpc) is 3.00. The molecule has 0 aliphatic carbocycles. The Morgan fingerprint density at radius 3 is 2.95 bits per heavy atom. The molecular formula is C17H19NO4. The minimum Gasteiger partial charge on any atom is -0.490 e. The van der Waals surface area contributed by atoms with E-state index in [9.17, 15) is 4.79 Å². The van der Waals surface area contributed by atoms with Gasteiger partial charge in [0.2, 0.25) is 5.76 Å². The Labute approximate surface area is 129 Å². The van der Waals surface area contributed by atoms with Crippen molar-refractivity contribution in [1.82, 2.24) is 5.32 Å². The summed E-state index contributed by atoms with van der Waals surface area (Å²) in [5.41, 5.74) is 1.15. The molecule has 0 spiro atoms. The number of ether oxygens (including phenoxy) is 2. The number of benzene rings is 1. The van der Waals surface area contributed by atoms with Crippen LogP contribution in [0.1, 0.15) is 41.3 Å². The van der Waals surface area contributed by atoms with Crippen LogP contribution in [0.15, 0.2) is 40.8 Å². The summed E-state index contributed by atoms with van der Waals surface area (Å²) in [7, 11) is 1.34. The van der Waals surface area contributed by atoms with Crippen LogP contribution in [-0.4, -0.2) is 19.2 Å². The number of carbonyl (C=O) groups is 1. The van der Waals surface area contributed by atoms with Gasteiger partial charge in [-0.2, -0.15) is 0 Å². The van der Waals surface area contributed by atoms with Crippen LogP contribution in [-0.2, 0) is 11.3 Å². The molecule has 1 N–H and O–H groups in total. The number of para-hydroxylation sites is 1. The number of rotatable bonds is 4. The zero-order valence-electron chi connectivity index (χ0n) is 12.7. The van der Waals surface area contributed by atoms with Crippen LogP contribution in [0.3, 0.4) is 0 Å². The topological polar surface area (TPSA) is 60.7 Å². The van der Waals surface area contributed by atoms with E-state index in [4.69, 9.17) is 9.15 Å². The highest BCUT2D eigenvalue weighted by Gasteiger charge is 2.25. The smallest absolute Gasteiger partial charge is 0.373 e. The van der Waals surface area contributed by atoms with E-state index in [0.29, 0.717) is 12.3 Å². The number of nitrogens with one attached hydrogen (secondary N) is 1. The highest BCUT2D eigenvalue weighted by Crippen LogP contribution is 2.34. The Balaban J connectivity index is 1.69. The van der Waals surface area contributed by atoms with Crippen molar-refractivity contribution in [3.63, 3.8) is 0 Å². The maximum absolute atomic E-state index is 11.4. The second-order valence-electron chi connectivity index (χ2n) is 5.39. The molecule has 0 bridgehead atoms. The van der Waals surface area contributed by atoms with Gasteiger partial charge in [0.05, 0.1) is 19.8 Å². The van der Waals surface area contributed by atoms with Crippen LogP contribution >= 0.6 is 0 Å². The first-order valence-corrected chi connectivity index (χ1v) is 7.33. The zero-order chi connectivity index (χ0) is 15.5. The average molecular weight is 301 g/mol. The van der Waals surface area contributed by atoms with E-state index < -0.39 is 5.97 Å². The van der Waals surface area contributed by atoms with Crippen LogP contribution in [0, 0.1) is 0 Å². The van der Waals surface area contributed by atoms with Gasteiger partial charge in [0.25, 0.3) is 0 Å². The fourth-order valence-electron chi connectivity index (χ4n) is 2.70. The normalized spacial score (nSPS) is 20.1. The fraction of sp³-hybridized carbons (Fsp3) is 0.353. The minimum absolute atomic E-state index is 0.162. The van der Waals surface area contributed by atoms with Crippen LogP contribution in [0.4, 0.5) is 0 Å². The molecule has 5 heteroatoms. The number of furan rings is 1. The standard InChI is InChI=1S/C17H19NO4/c1-11-9-14(13-5-3-4-6-15(13)21-11)18-10-12-7-8-16(22-12)17(19)20-2/h3-8,11,14,18H,9-10H2,1-2H3/t11-,14-/m1/s1. The minimum atomic E-state index is -0.462. The molecule has 1 aromatic heterocycles. The summed E-state index contributed by atoms with van der Waals surface area (Å²) in [6.45, 7) is 2.61. The molecule has 0 amide bonds. The Kier molecular flexibility index (Phi) is 4.15. The van der Waals surface area contributed by atoms with Crippen LogP contribution < -0.4 is 10.1 Å². The first-order valence-electron chi connectivity index (χ1n) is 7.33. The molecule has 1 aromatic carbocycles. The highest BCUT2D eigenvalue weighted by molar-refractivity contribution is 5.86. The van der Waals surface area contributed by atoms with Crippen molar-refractivity contribution in [3.8, 4) is 5.75 Å². The summed E-state index contributed by atoms with van der Waals surface area (Å²) in [5.74, 6) is 1.39. The predicted octanol–water partition coefficient (Wildman–Crippen LogP) is 3.07. The van der Waals surface area contributed by atoms with Gasteiger partial charge in [-0.25, -0.2) is 4.79 Å². The third-order valence-electron chi connectivity index (χ3n) is 3.76. The van der Waals surface area contributed by atoms with E-state index in [1.54, 1.807) is 12.1 Å². The SMILES string of the molecule is COC(=O)c1ccc(CN[C@@H]2C[C@@H](C)Oc3ccccc32)o1. The number of methoxy groups -OCH3 is 1. The second-order valence-corrected chi connectivity index (χ2v) is 5.39. The lowest BCUT2D eigenvalue weighted by atomic mass is 9.97. The van der Waals surface area contributed by atoms with Gasteiger partial charge in [0.1, 0.15) is 11.5 Å². The van der Waals surface area contributed by atoms with E-state index in [0.717, 1.165) is 17.7 Å². The van der Waals surface area contributed by atoms with Crippen LogP contribution in [0.5, 0.6) is 5.75 Å². The van der Waals surface area contributed by atoms with E-state index in [1.807, 2.05) is 18.2 Å². The molecule has 0 radical (unpaired) electrons. The van der Waals surface area contributed by atoms with Crippen LogP contribution in [0.2, 0.25) is 0 Å². The summed E-state index contributed by atoms with van der Waals surface area (Å²) >= 11 is 0. The van der Waals surface area contributed by atoms with Gasteiger partial charge in [0.15, 0.2) is 0 Å². The Hall–Kier alpha value is -2.27. The molecule has 22 heavy (non-hydrogen) atoms. The number of hydrogen-bond acceptors (Lipinski definition) is 5. The predicted molar refractivity (Wildman–Crippen MR) is 80.8 cm³/mol. The summed E-state index contributed by atoms with van der Waals surface area (Å²) in [6.07, 6.45) is 1.05. The Morgan fingerprint density at radius 1 is 1.32 bits per heavy atom. The van der Waals surface area contributed by atoms with Gasteiger partial charge >= 0.3 is 5.97 Å². The van der Waals surface area contributed by atoms with E-state index in [2.05, 4.69) is 23.0 Å². The van der Waals surface area contributed by atoms with Crippen molar-refractivity contribution in [3.05, 3.63) is 53.5 Å². The highest BCUT2D eigenvalue weighted by atomic mass is 16.5. The van der Waals surface area contributed by atoms with Gasteiger partial charge in [-0.1, -0.05) is 18.2 Å². The maximum atomic E-state index is 11.4. The molecule has 1 aliphatic heterocycles. The molecule has 0 fully saturated rings. The number of carbonyl (C=O) groups excluding carboxylic acids is 1. The van der Waals surface area contributed by atoms with E-state index in [-0.39, 0.29) is 17.9 Å². The summed E-state index contributed by atoms with van der Waals surface area (Å²) in [5, 5.41) is 3.47. The van der Waals surface area contributed by atoms with Crippen molar-refractivity contribution >= 4 is 5.97 Å². The molecule has 0 saturated heterocycles. The first-order chi connectivity index (χ1) is 10.7. The van der Waals surface area contributed by atoms with Crippen molar-refractivity contribution in [2.24, 2.45) is 0 Å². The summed E-state index contributed by atoms with van der Waals surface area (Å²) in [6, 6.07) is 11.7. The number of fused-ring (bicyclic) bond motifs is 1. The van der Waals surface area contributed by atoms with Gasteiger partial charge in [-0.15, -0.1) is 0 Å². The molecule has 2 atom stereocenters. The largest absolute Gasteiger partial charge is 0.490 e. The second kappa shape index (κ2) is 6.23. The molecule has 2 heterocycles. The Morgan fingerprint density at radius 2 is 2.14 bits per heavy atom. The molecule has 3 rings (SSSR count). The lowest BCUT2D eigenvalue weighted by molar-refractivity contribution is 0.0562. The number of esters is 1. The molecule has 0 saturated carbocycles. The van der Waals surface area contributed by atoms with Crippen LogP contribution in [0.25, 0.3) is 0 Å². The van der Waals surface area contributed by atoms with Crippen molar-refractivity contribution < 1.29 is 18.7 Å². The summed E-state index contributed by atoms with van der Waals surface area (Å²) < 4.78 is 15.9. The molecular weight excluding hydrogens is 282 g/mol. The third-order valence-corrected chi connectivity index (χ3v) is 3.76. The quantitative estimate of drug-likeness (QED) is 0.879. The summed E-state index contributed by atoms with van der Waals surface area (Å²) in [4.78, 5) is 11.4. The van der Waals surface area contributed by atoms with Gasteiger partial charge in [-0.3, -0.25) is 0 Å². The van der Waals surface area contributed by atoms with E-state index in [1.165, 1.54) is 7.11 Å². The molecule has 2 aromatic rings. The first kappa shape index (κ1) is 14.7. The lowest BCUT2D eigenvalue weighted by Gasteiger charge is -2.30.